The molecule has 1 atom stereocenters. The minimum Gasteiger partial charge on any atom is -0.494 e. The Bertz CT molecular complexity index is 737. The highest BCUT2D eigenvalue weighted by Crippen LogP contribution is 2.17. The summed E-state index contributed by atoms with van der Waals surface area (Å²) in [6.45, 7) is 6.13. The van der Waals surface area contributed by atoms with Crippen molar-refractivity contribution >= 4 is 17.7 Å². The summed E-state index contributed by atoms with van der Waals surface area (Å²) in [5.41, 5.74) is 1.07. The molecule has 3 amide bonds. The Hall–Kier alpha value is -2.61. The van der Waals surface area contributed by atoms with Gasteiger partial charge in [0.1, 0.15) is 5.75 Å². The molecule has 8 heteroatoms. The van der Waals surface area contributed by atoms with Crippen LogP contribution in [0.1, 0.15) is 38.2 Å². The summed E-state index contributed by atoms with van der Waals surface area (Å²) in [7, 11) is 0. The van der Waals surface area contributed by atoms with Crippen molar-refractivity contribution in [1.82, 2.24) is 20.4 Å². The van der Waals surface area contributed by atoms with Crippen LogP contribution in [0.15, 0.2) is 24.3 Å². The molecule has 3 rings (SSSR count). The number of likely N-dealkylation sites (tertiary alicyclic amines) is 1. The third-order valence-corrected chi connectivity index (χ3v) is 5.57. The Balaban J connectivity index is 1.50. The maximum absolute atomic E-state index is 12.5. The van der Waals surface area contributed by atoms with Crippen LogP contribution in [-0.4, -0.2) is 72.9 Å². The van der Waals surface area contributed by atoms with Gasteiger partial charge in [-0.15, -0.1) is 0 Å². The van der Waals surface area contributed by atoms with Crippen molar-refractivity contribution < 1.29 is 19.1 Å². The van der Waals surface area contributed by atoms with E-state index in [-0.39, 0.29) is 24.1 Å². The molecule has 0 spiro atoms. The fourth-order valence-electron chi connectivity index (χ4n) is 3.94. The van der Waals surface area contributed by atoms with Gasteiger partial charge in [0.25, 0.3) is 0 Å². The van der Waals surface area contributed by atoms with Gasteiger partial charge in [-0.25, -0.2) is 0 Å². The highest BCUT2D eigenvalue weighted by atomic mass is 16.5. The number of benzene rings is 1. The molecule has 2 saturated heterocycles. The summed E-state index contributed by atoms with van der Waals surface area (Å²) in [5.74, 6) is 0.691. The quantitative estimate of drug-likeness (QED) is 0.624. The Morgan fingerprint density at radius 3 is 2.73 bits per heavy atom. The topological polar surface area (TPSA) is 91.0 Å². The Morgan fingerprint density at radius 2 is 2.00 bits per heavy atom. The van der Waals surface area contributed by atoms with Gasteiger partial charge in [-0.3, -0.25) is 19.3 Å². The molecular weight excluding hydrogens is 384 g/mol. The molecule has 30 heavy (non-hydrogen) atoms. The Labute approximate surface area is 177 Å². The zero-order valence-corrected chi connectivity index (χ0v) is 17.7. The molecule has 0 radical (unpaired) electrons. The zero-order valence-electron chi connectivity index (χ0n) is 17.7. The van der Waals surface area contributed by atoms with Gasteiger partial charge in [0.15, 0.2) is 0 Å². The number of nitrogens with zero attached hydrogens (tertiary/aromatic N) is 2. The number of hydrogen-bond acceptors (Lipinski definition) is 5. The number of rotatable bonds is 9. The van der Waals surface area contributed by atoms with Crippen LogP contribution in [0.2, 0.25) is 0 Å². The smallest absolute Gasteiger partial charge is 0.237 e. The first kappa shape index (κ1) is 22.1. The molecular formula is C22H32N4O4. The lowest BCUT2D eigenvalue weighted by molar-refractivity contribution is -0.134. The minimum atomic E-state index is -0.498. The van der Waals surface area contributed by atoms with E-state index in [9.17, 15) is 14.4 Å². The first-order valence-corrected chi connectivity index (χ1v) is 10.8. The first-order chi connectivity index (χ1) is 14.6. The molecule has 1 aromatic carbocycles. The summed E-state index contributed by atoms with van der Waals surface area (Å²) in [5, 5.41) is 5.73. The molecule has 2 aliphatic rings. The van der Waals surface area contributed by atoms with Crippen LogP contribution < -0.4 is 15.4 Å². The lowest BCUT2D eigenvalue weighted by atomic mass is 10.1. The first-order valence-electron chi connectivity index (χ1n) is 10.8. The predicted molar refractivity (Wildman–Crippen MR) is 113 cm³/mol. The van der Waals surface area contributed by atoms with E-state index in [1.165, 1.54) is 0 Å². The van der Waals surface area contributed by atoms with Gasteiger partial charge in [-0.05, 0) is 37.5 Å². The van der Waals surface area contributed by atoms with Crippen LogP contribution in [0.3, 0.4) is 0 Å². The second-order valence-electron chi connectivity index (χ2n) is 7.75. The lowest BCUT2D eigenvalue weighted by Gasteiger charge is -2.34. The molecule has 0 aromatic heterocycles. The van der Waals surface area contributed by atoms with E-state index in [0.717, 1.165) is 30.7 Å². The fraction of sp³-hybridized carbons (Fsp3) is 0.591. The van der Waals surface area contributed by atoms with Crippen molar-refractivity contribution in [2.45, 2.75) is 45.2 Å². The monoisotopic (exact) mass is 416 g/mol. The van der Waals surface area contributed by atoms with Crippen molar-refractivity contribution in [2.75, 3.05) is 39.3 Å². The zero-order chi connectivity index (χ0) is 21.3. The average Bonchev–Trinajstić information content (AvgIpc) is 2.73. The van der Waals surface area contributed by atoms with Gasteiger partial charge in [0, 0.05) is 45.7 Å². The van der Waals surface area contributed by atoms with E-state index in [0.29, 0.717) is 45.8 Å². The van der Waals surface area contributed by atoms with Crippen molar-refractivity contribution in [3.63, 3.8) is 0 Å². The average molecular weight is 417 g/mol. The molecule has 1 aromatic rings. The number of carbonyl (C=O) groups excluding carboxylic acids is 3. The standard InChI is InChI=1S/C22H32N4O4/c1-2-30-18-8-6-17(7-9-18)16-26-14-11-24-22(29)19(26)15-20(27)23-10-13-25-12-4-3-5-21(25)28/h6-9,19H,2-5,10-16H2,1H3,(H,23,27)(H,24,29). The van der Waals surface area contributed by atoms with Crippen molar-refractivity contribution in [1.29, 1.82) is 0 Å². The van der Waals surface area contributed by atoms with E-state index >= 15 is 0 Å². The number of carbonyl (C=O) groups is 3. The summed E-state index contributed by atoms with van der Waals surface area (Å²) >= 11 is 0. The van der Waals surface area contributed by atoms with Crippen LogP contribution in [0.4, 0.5) is 0 Å². The number of ether oxygens (including phenoxy) is 1. The van der Waals surface area contributed by atoms with Gasteiger partial charge in [0.2, 0.25) is 17.7 Å². The van der Waals surface area contributed by atoms with E-state index in [2.05, 4.69) is 10.6 Å². The highest BCUT2D eigenvalue weighted by Gasteiger charge is 2.31. The predicted octanol–water partition coefficient (Wildman–Crippen LogP) is 0.905. The second-order valence-corrected chi connectivity index (χ2v) is 7.75. The van der Waals surface area contributed by atoms with Crippen LogP contribution in [0, 0.1) is 0 Å². The van der Waals surface area contributed by atoms with E-state index < -0.39 is 6.04 Å². The van der Waals surface area contributed by atoms with E-state index in [1.807, 2.05) is 36.1 Å². The second kappa shape index (κ2) is 11.0. The van der Waals surface area contributed by atoms with E-state index in [4.69, 9.17) is 4.74 Å². The number of amides is 3. The van der Waals surface area contributed by atoms with Gasteiger partial charge >= 0.3 is 0 Å². The van der Waals surface area contributed by atoms with Crippen LogP contribution in [0.5, 0.6) is 5.75 Å². The number of piperazine rings is 1. The Morgan fingerprint density at radius 1 is 1.20 bits per heavy atom. The van der Waals surface area contributed by atoms with Gasteiger partial charge < -0.3 is 20.3 Å². The molecule has 8 nitrogen and oxygen atoms in total. The third kappa shape index (κ3) is 6.19. The summed E-state index contributed by atoms with van der Waals surface area (Å²) in [4.78, 5) is 40.6. The summed E-state index contributed by atoms with van der Waals surface area (Å²) in [6, 6.07) is 7.33. The normalized spacial score (nSPS) is 20.0. The largest absolute Gasteiger partial charge is 0.494 e. The van der Waals surface area contributed by atoms with E-state index in [1.54, 1.807) is 4.90 Å². The molecule has 0 aliphatic carbocycles. The minimum absolute atomic E-state index is 0.108. The van der Waals surface area contributed by atoms with Crippen molar-refractivity contribution in [3.05, 3.63) is 29.8 Å². The molecule has 2 heterocycles. The van der Waals surface area contributed by atoms with Crippen molar-refractivity contribution in [2.24, 2.45) is 0 Å². The number of nitrogens with one attached hydrogen (secondary N) is 2. The highest BCUT2D eigenvalue weighted by molar-refractivity contribution is 5.88. The third-order valence-electron chi connectivity index (χ3n) is 5.57. The molecule has 164 valence electrons. The van der Waals surface area contributed by atoms with Crippen LogP contribution in [0.25, 0.3) is 0 Å². The maximum atomic E-state index is 12.5. The molecule has 0 saturated carbocycles. The summed E-state index contributed by atoms with van der Waals surface area (Å²) < 4.78 is 5.47. The molecule has 2 aliphatic heterocycles. The maximum Gasteiger partial charge on any atom is 0.237 e. The van der Waals surface area contributed by atoms with Gasteiger partial charge in [-0.1, -0.05) is 12.1 Å². The Kier molecular flexibility index (Phi) is 8.07. The van der Waals surface area contributed by atoms with Crippen LogP contribution in [-0.2, 0) is 20.9 Å². The molecule has 2 fully saturated rings. The van der Waals surface area contributed by atoms with Gasteiger partial charge in [-0.2, -0.15) is 0 Å². The molecule has 0 bridgehead atoms. The number of hydrogen-bond donors (Lipinski definition) is 2. The molecule has 2 N–H and O–H groups in total. The van der Waals surface area contributed by atoms with Crippen molar-refractivity contribution in [3.8, 4) is 5.75 Å². The number of piperidine rings is 1. The fourth-order valence-corrected chi connectivity index (χ4v) is 3.94. The SMILES string of the molecule is CCOc1ccc(CN2CCNC(=O)C2CC(=O)NCCN2CCCCC2=O)cc1. The lowest BCUT2D eigenvalue weighted by Crippen LogP contribution is -2.56. The van der Waals surface area contributed by atoms with Gasteiger partial charge in [0.05, 0.1) is 19.1 Å². The summed E-state index contributed by atoms with van der Waals surface area (Å²) in [6.07, 6.45) is 2.67. The van der Waals surface area contributed by atoms with Crippen LogP contribution >= 0.6 is 0 Å². The molecule has 1 unspecified atom stereocenters.